The van der Waals surface area contributed by atoms with Crippen LogP contribution < -0.4 is 5.73 Å². The van der Waals surface area contributed by atoms with E-state index in [4.69, 9.17) is 40.2 Å². The Balaban J connectivity index is 0.000000360. The lowest BCUT2D eigenvalue weighted by molar-refractivity contribution is 0.135. The molecule has 0 aliphatic carbocycles. The fraction of sp³-hybridized carbons (Fsp3) is 0. The van der Waals surface area contributed by atoms with Gasteiger partial charge in [-0.05, 0) is 12.1 Å². The van der Waals surface area contributed by atoms with Crippen LogP contribution >= 0.6 is 0 Å². The summed E-state index contributed by atoms with van der Waals surface area (Å²) in [6.45, 7) is 0. The molecule has 0 amide bonds. The lowest BCUT2D eigenvalue weighted by Crippen LogP contribution is -1.87. The van der Waals surface area contributed by atoms with Crippen LogP contribution in [0.15, 0.2) is 59.7 Å². The molecule has 3 rings (SSSR count). The van der Waals surface area contributed by atoms with E-state index in [1.165, 1.54) is 12.6 Å². The molecule has 138 valence electrons. The third kappa shape index (κ3) is 13.4. The highest BCUT2D eigenvalue weighted by Gasteiger charge is 1.99. The SMILES string of the molecule is Nc1cnccn1.O=C(O)O.O=C(O)O.c1ccc(-c2nnco2)cc1. The molecular formula is C14H15N5O7. The molecule has 1 aromatic carbocycles. The molecular weight excluding hydrogens is 350 g/mol. The van der Waals surface area contributed by atoms with Gasteiger partial charge in [0.1, 0.15) is 5.82 Å². The van der Waals surface area contributed by atoms with Crippen molar-refractivity contribution in [3.8, 4) is 11.5 Å². The molecule has 6 N–H and O–H groups in total. The van der Waals surface area contributed by atoms with E-state index in [1.54, 1.807) is 12.4 Å². The first-order chi connectivity index (χ1) is 12.3. The van der Waals surface area contributed by atoms with Crippen molar-refractivity contribution < 1.29 is 34.4 Å². The molecule has 2 aromatic heterocycles. The van der Waals surface area contributed by atoms with Crippen LogP contribution in [0.5, 0.6) is 0 Å². The zero-order valence-corrected chi connectivity index (χ0v) is 13.1. The lowest BCUT2D eigenvalue weighted by Gasteiger charge is -1.89. The molecule has 0 unspecified atom stereocenters. The number of benzene rings is 1. The highest BCUT2D eigenvalue weighted by Crippen LogP contribution is 2.13. The van der Waals surface area contributed by atoms with E-state index in [1.807, 2.05) is 30.3 Å². The summed E-state index contributed by atoms with van der Waals surface area (Å²) in [5.74, 6) is 1.02. The highest BCUT2D eigenvalue weighted by molar-refractivity contribution is 5.53. The molecule has 12 nitrogen and oxygen atoms in total. The number of anilines is 1. The van der Waals surface area contributed by atoms with Gasteiger partial charge in [-0.1, -0.05) is 18.2 Å². The van der Waals surface area contributed by atoms with Crippen LogP contribution in [0.2, 0.25) is 0 Å². The predicted octanol–water partition coefficient (Wildman–Crippen LogP) is 2.24. The van der Waals surface area contributed by atoms with Gasteiger partial charge in [0.05, 0.1) is 6.20 Å². The maximum absolute atomic E-state index is 8.56. The number of carbonyl (C=O) groups is 2. The summed E-state index contributed by atoms with van der Waals surface area (Å²) < 4.78 is 5.00. The monoisotopic (exact) mass is 365 g/mol. The molecule has 0 aliphatic rings. The van der Waals surface area contributed by atoms with Gasteiger partial charge in [-0.25, -0.2) is 14.6 Å². The molecule has 26 heavy (non-hydrogen) atoms. The maximum Gasteiger partial charge on any atom is 0.503 e. The second kappa shape index (κ2) is 13.2. The Kier molecular flexibility index (Phi) is 11.1. The van der Waals surface area contributed by atoms with Crippen LogP contribution in [0.3, 0.4) is 0 Å². The number of hydrogen-bond acceptors (Lipinski definition) is 8. The first-order valence-electron chi connectivity index (χ1n) is 6.49. The van der Waals surface area contributed by atoms with Crippen molar-refractivity contribution >= 4 is 18.1 Å². The zero-order valence-electron chi connectivity index (χ0n) is 13.1. The van der Waals surface area contributed by atoms with Crippen molar-refractivity contribution in [3.05, 3.63) is 55.3 Å². The van der Waals surface area contributed by atoms with E-state index >= 15 is 0 Å². The molecule has 0 atom stereocenters. The number of nitrogens with two attached hydrogens (primary N) is 1. The van der Waals surface area contributed by atoms with E-state index in [-0.39, 0.29) is 0 Å². The van der Waals surface area contributed by atoms with E-state index < -0.39 is 12.3 Å². The predicted molar refractivity (Wildman–Crippen MR) is 87.5 cm³/mol. The van der Waals surface area contributed by atoms with Crippen molar-refractivity contribution in [1.29, 1.82) is 0 Å². The van der Waals surface area contributed by atoms with Gasteiger partial charge in [0, 0.05) is 18.0 Å². The second-order valence-corrected chi connectivity index (χ2v) is 3.81. The quantitative estimate of drug-likeness (QED) is 0.420. The van der Waals surface area contributed by atoms with Crippen molar-refractivity contribution in [2.45, 2.75) is 0 Å². The van der Waals surface area contributed by atoms with Gasteiger partial charge in [-0.3, -0.25) is 4.98 Å². The number of rotatable bonds is 1. The topological polar surface area (TPSA) is 206 Å². The van der Waals surface area contributed by atoms with Gasteiger partial charge in [0.25, 0.3) is 0 Å². The number of nitrogen functional groups attached to an aromatic ring is 1. The Labute approximate surface area is 146 Å². The summed E-state index contributed by atoms with van der Waals surface area (Å²) in [5, 5.41) is 35.2. The van der Waals surface area contributed by atoms with Gasteiger partial charge < -0.3 is 30.6 Å². The van der Waals surface area contributed by atoms with Crippen molar-refractivity contribution in [2.24, 2.45) is 0 Å². The second-order valence-electron chi connectivity index (χ2n) is 3.81. The Bertz CT molecular complexity index is 719. The Hall–Kier alpha value is -4.22. The number of nitrogens with zero attached hydrogens (tertiary/aromatic N) is 4. The van der Waals surface area contributed by atoms with Crippen LogP contribution in [0.4, 0.5) is 15.4 Å². The largest absolute Gasteiger partial charge is 0.503 e. The molecule has 2 heterocycles. The van der Waals surface area contributed by atoms with Crippen LogP contribution in [0, 0.1) is 0 Å². The summed E-state index contributed by atoms with van der Waals surface area (Å²) in [6.07, 6.45) is 2.29. The minimum Gasteiger partial charge on any atom is -0.450 e. The summed E-state index contributed by atoms with van der Waals surface area (Å²) >= 11 is 0. The molecule has 0 bridgehead atoms. The Morgan fingerprint density at radius 3 is 1.88 bits per heavy atom. The minimum absolute atomic E-state index is 0.461. The van der Waals surface area contributed by atoms with Gasteiger partial charge >= 0.3 is 12.3 Å². The Morgan fingerprint density at radius 2 is 1.54 bits per heavy atom. The van der Waals surface area contributed by atoms with Crippen LogP contribution in [0.25, 0.3) is 11.5 Å². The molecule has 0 saturated heterocycles. The van der Waals surface area contributed by atoms with Crippen LogP contribution in [0.1, 0.15) is 0 Å². The summed E-state index contributed by atoms with van der Waals surface area (Å²) in [6, 6.07) is 9.65. The standard InChI is InChI=1S/C8H6N2O.C4H5N3.2CH2O3/c1-2-4-7(5-3-1)8-10-9-6-11-8;5-4-3-6-1-2-7-4;2*2-1(3)4/h1-6H;1-3H,(H2,5,7);2*(H2,2,3,4). The highest BCUT2D eigenvalue weighted by atomic mass is 16.6. The van der Waals surface area contributed by atoms with E-state index in [9.17, 15) is 0 Å². The Morgan fingerprint density at radius 1 is 0.962 bits per heavy atom. The van der Waals surface area contributed by atoms with Gasteiger partial charge in [-0.2, -0.15) is 0 Å². The number of aromatic nitrogens is 4. The van der Waals surface area contributed by atoms with Crippen molar-refractivity contribution in [1.82, 2.24) is 20.2 Å². The third-order valence-electron chi connectivity index (χ3n) is 1.96. The minimum atomic E-state index is -1.83. The number of carboxylic acid groups (broad SMARTS) is 4. The van der Waals surface area contributed by atoms with Gasteiger partial charge in [0.15, 0.2) is 0 Å². The number of hydrogen-bond donors (Lipinski definition) is 5. The van der Waals surface area contributed by atoms with E-state index in [0.717, 1.165) is 5.56 Å². The molecule has 0 aliphatic heterocycles. The smallest absolute Gasteiger partial charge is 0.450 e. The van der Waals surface area contributed by atoms with Gasteiger partial charge in [0.2, 0.25) is 12.3 Å². The first kappa shape index (κ1) is 21.8. The molecule has 0 spiro atoms. The van der Waals surface area contributed by atoms with Crippen molar-refractivity contribution in [3.63, 3.8) is 0 Å². The third-order valence-corrected chi connectivity index (χ3v) is 1.96. The van der Waals surface area contributed by atoms with E-state index in [2.05, 4.69) is 20.2 Å². The van der Waals surface area contributed by atoms with E-state index in [0.29, 0.717) is 11.7 Å². The van der Waals surface area contributed by atoms with Crippen LogP contribution in [-0.2, 0) is 0 Å². The zero-order chi connectivity index (χ0) is 19.8. The summed E-state index contributed by atoms with van der Waals surface area (Å²) in [7, 11) is 0. The first-order valence-corrected chi connectivity index (χ1v) is 6.49. The molecule has 0 radical (unpaired) electrons. The van der Waals surface area contributed by atoms with Crippen molar-refractivity contribution in [2.75, 3.05) is 5.73 Å². The average Bonchev–Trinajstić information content (AvgIpc) is 3.10. The molecule has 0 fully saturated rings. The molecule has 0 saturated carbocycles. The maximum atomic E-state index is 8.56. The normalized spacial score (nSPS) is 8.31. The molecule has 12 heteroatoms. The average molecular weight is 365 g/mol. The fourth-order valence-electron chi connectivity index (χ4n) is 1.19. The van der Waals surface area contributed by atoms with Gasteiger partial charge in [-0.15, -0.1) is 10.2 Å². The lowest BCUT2D eigenvalue weighted by atomic mass is 10.2. The summed E-state index contributed by atoms with van der Waals surface area (Å²) in [4.78, 5) is 24.5. The molecule has 3 aromatic rings. The summed E-state index contributed by atoms with van der Waals surface area (Å²) in [5.41, 5.74) is 6.13. The van der Waals surface area contributed by atoms with Crippen LogP contribution in [-0.4, -0.2) is 52.9 Å². The fourth-order valence-corrected chi connectivity index (χ4v) is 1.19.